The van der Waals surface area contributed by atoms with E-state index in [1.807, 2.05) is 22.9 Å². The Bertz CT molecular complexity index is 1240. The lowest BCUT2D eigenvalue weighted by Gasteiger charge is -2.24. The molecule has 8 heteroatoms. The van der Waals surface area contributed by atoms with E-state index >= 15 is 0 Å². The molecule has 0 bridgehead atoms. The summed E-state index contributed by atoms with van der Waals surface area (Å²) in [5.74, 6) is 0.651. The maximum atomic E-state index is 10.7. The molecule has 2 aromatic carbocycles. The molecule has 40 heavy (non-hydrogen) atoms. The van der Waals surface area contributed by atoms with E-state index in [4.69, 9.17) is 33.0 Å². The maximum absolute atomic E-state index is 10.7. The van der Waals surface area contributed by atoms with Gasteiger partial charge >= 0.3 is 0 Å². The number of allylic oxidation sites excluding steroid dienone is 1. The number of ether oxygens (including phenoxy) is 1. The van der Waals surface area contributed by atoms with Crippen molar-refractivity contribution in [3.05, 3.63) is 75.8 Å². The highest BCUT2D eigenvalue weighted by Crippen LogP contribution is 2.33. The molecule has 0 aliphatic heterocycles. The summed E-state index contributed by atoms with van der Waals surface area (Å²) in [5, 5.41) is 20.2. The Kier molecular flexibility index (Phi) is 11.5. The number of hydrogen-bond donors (Lipinski definition) is 2. The molecular formula is C32H42Cl2N4O2. The van der Waals surface area contributed by atoms with Crippen molar-refractivity contribution in [2.24, 2.45) is 0 Å². The van der Waals surface area contributed by atoms with E-state index in [1.165, 1.54) is 11.1 Å². The SMILES string of the molecule is CCC(CCCN(CC)CC)NC(O)CCOc1cc(-c2cc(Cl)cc(Cl)c2)nn1C1C=Cc2ccccc2C1. The minimum atomic E-state index is -0.637. The molecule has 216 valence electrons. The van der Waals surface area contributed by atoms with Crippen LogP contribution in [0.25, 0.3) is 17.3 Å². The monoisotopic (exact) mass is 584 g/mol. The summed E-state index contributed by atoms with van der Waals surface area (Å²) in [5.41, 5.74) is 4.07. The Balaban J connectivity index is 1.42. The van der Waals surface area contributed by atoms with Gasteiger partial charge in [0.15, 0.2) is 0 Å². The van der Waals surface area contributed by atoms with Gasteiger partial charge in [-0.2, -0.15) is 5.10 Å². The summed E-state index contributed by atoms with van der Waals surface area (Å²) in [6.45, 7) is 10.2. The van der Waals surface area contributed by atoms with Crippen LogP contribution >= 0.6 is 23.2 Å². The number of nitrogens with zero attached hydrogens (tertiary/aromatic N) is 3. The Morgan fingerprint density at radius 2 is 1.82 bits per heavy atom. The molecule has 6 nitrogen and oxygen atoms in total. The van der Waals surface area contributed by atoms with Gasteiger partial charge in [-0.15, -0.1) is 0 Å². The van der Waals surface area contributed by atoms with Crippen LogP contribution < -0.4 is 10.1 Å². The van der Waals surface area contributed by atoms with Gasteiger partial charge in [0.25, 0.3) is 0 Å². The van der Waals surface area contributed by atoms with Gasteiger partial charge in [-0.1, -0.05) is 80.4 Å². The van der Waals surface area contributed by atoms with Crippen molar-refractivity contribution in [1.82, 2.24) is 20.0 Å². The summed E-state index contributed by atoms with van der Waals surface area (Å²) in [6.07, 6.45) is 8.09. The van der Waals surface area contributed by atoms with Gasteiger partial charge in [0.05, 0.1) is 18.3 Å². The maximum Gasteiger partial charge on any atom is 0.212 e. The Morgan fingerprint density at radius 3 is 2.55 bits per heavy atom. The number of aromatic nitrogens is 2. The first-order chi connectivity index (χ1) is 19.4. The third-order valence-corrected chi connectivity index (χ3v) is 8.08. The molecular weight excluding hydrogens is 543 g/mol. The largest absolute Gasteiger partial charge is 0.478 e. The molecule has 0 amide bonds. The number of aliphatic hydroxyl groups is 1. The fourth-order valence-corrected chi connectivity index (χ4v) is 5.79. The second kappa shape index (κ2) is 15.0. The molecule has 0 saturated heterocycles. The third kappa shape index (κ3) is 8.34. The van der Waals surface area contributed by atoms with Crippen molar-refractivity contribution in [3.63, 3.8) is 0 Å². The zero-order chi connectivity index (χ0) is 28.5. The van der Waals surface area contributed by atoms with Crippen LogP contribution in [-0.4, -0.2) is 58.3 Å². The first-order valence-corrected chi connectivity index (χ1v) is 15.3. The van der Waals surface area contributed by atoms with Crippen LogP contribution in [0.4, 0.5) is 0 Å². The highest BCUT2D eigenvalue weighted by Gasteiger charge is 2.22. The van der Waals surface area contributed by atoms with E-state index in [1.54, 1.807) is 6.07 Å². The van der Waals surface area contributed by atoms with Crippen molar-refractivity contribution in [3.8, 4) is 17.1 Å². The van der Waals surface area contributed by atoms with Crippen LogP contribution in [0.2, 0.25) is 10.0 Å². The molecule has 0 spiro atoms. The predicted molar refractivity (Wildman–Crippen MR) is 166 cm³/mol. The third-order valence-electron chi connectivity index (χ3n) is 7.64. The predicted octanol–water partition coefficient (Wildman–Crippen LogP) is 7.25. The van der Waals surface area contributed by atoms with E-state index in [-0.39, 0.29) is 12.1 Å². The normalized spacial score (nSPS) is 16.2. The molecule has 4 rings (SSSR count). The minimum Gasteiger partial charge on any atom is -0.478 e. The number of fused-ring (bicyclic) bond motifs is 1. The summed E-state index contributed by atoms with van der Waals surface area (Å²) in [7, 11) is 0. The van der Waals surface area contributed by atoms with Crippen LogP contribution in [-0.2, 0) is 6.42 Å². The van der Waals surface area contributed by atoms with Crippen LogP contribution in [0.15, 0.2) is 54.6 Å². The molecule has 1 aromatic heterocycles. The summed E-state index contributed by atoms with van der Waals surface area (Å²) in [6, 6.07) is 16.0. The smallest absolute Gasteiger partial charge is 0.212 e. The van der Waals surface area contributed by atoms with Gasteiger partial charge in [-0.05, 0) is 74.6 Å². The van der Waals surface area contributed by atoms with Crippen LogP contribution in [0.1, 0.15) is 63.6 Å². The molecule has 3 aromatic rings. The molecule has 2 N–H and O–H groups in total. The molecule has 3 atom stereocenters. The molecule has 0 fully saturated rings. The molecule has 1 aliphatic rings. The summed E-state index contributed by atoms with van der Waals surface area (Å²) >= 11 is 12.6. The van der Waals surface area contributed by atoms with Gasteiger partial charge in [-0.3, -0.25) is 5.32 Å². The number of hydrogen-bond acceptors (Lipinski definition) is 5. The lowest BCUT2D eigenvalue weighted by Crippen LogP contribution is -2.39. The van der Waals surface area contributed by atoms with Gasteiger partial charge in [0, 0.05) is 34.1 Å². The summed E-state index contributed by atoms with van der Waals surface area (Å²) < 4.78 is 8.19. The van der Waals surface area contributed by atoms with Gasteiger partial charge in [0.2, 0.25) is 5.88 Å². The fourth-order valence-electron chi connectivity index (χ4n) is 5.26. The Labute approximate surface area is 248 Å². The molecule has 3 unspecified atom stereocenters. The summed E-state index contributed by atoms with van der Waals surface area (Å²) in [4.78, 5) is 2.44. The number of halogens is 2. The van der Waals surface area contributed by atoms with Crippen LogP contribution in [0.5, 0.6) is 5.88 Å². The Morgan fingerprint density at radius 1 is 1.07 bits per heavy atom. The van der Waals surface area contributed by atoms with Gasteiger partial charge in [-0.25, -0.2) is 4.68 Å². The van der Waals surface area contributed by atoms with Crippen molar-refractivity contribution >= 4 is 29.3 Å². The lowest BCUT2D eigenvalue weighted by atomic mass is 9.94. The second-order valence-electron chi connectivity index (χ2n) is 10.4. The molecule has 0 saturated carbocycles. The van der Waals surface area contributed by atoms with E-state index < -0.39 is 6.23 Å². The van der Waals surface area contributed by atoms with Crippen molar-refractivity contribution in [1.29, 1.82) is 0 Å². The quantitative estimate of drug-likeness (QED) is 0.184. The Hall–Kier alpha value is -2.35. The lowest BCUT2D eigenvalue weighted by molar-refractivity contribution is 0.0897. The number of rotatable bonds is 15. The van der Waals surface area contributed by atoms with E-state index in [2.05, 4.69) is 67.4 Å². The molecule has 1 aliphatic carbocycles. The van der Waals surface area contributed by atoms with E-state index in [0.29, 0.717) is 29.0 Å². The average Bonchev–Trinajstić information content (AvgIpc) is 3.38. The van der Waals surface area contributed by atoms with Crippen molar-refractivity contribution in [2.45, 2.75) is 71.2 Å². The highest BCUT2D eigenvalue weighted by molar-refractivity contribution is 6.35. The van der Waals surface area contributed by atoms with Gasteiger partial charge in [0.1, 0.15) is 6.23 Å². The topological polar surface area (TPSA) is 62.6 Å². The van der Waals surface area contributed by atoms with Gasteiger partial charge < -0.3 is 14.7 Å². The van der Waals surface area contributed by atoms with Crippen molar-refractivity contribution < 1.29 is 9.84 Å². The van der Waals surface area contributed by atoms with Crippen molar-refractivity contribution in [2.75, 3.05) is 26.2 Å². The highest BCUT2D eigenvalue weighted by atomic mass is 35.5. The second-order valence-corrected chi connectivity index (χ2v) is 11.3. The number of benzene rings is 2. The first kappa shape index (κ1) is 30.6. The number of nitrogens with one attached hydrogen (secondary N) is 1. The zero-order valence-corrected chi connectivity index (χ0v) is 25.3. The fraction of sp³-hybridized carbons (Fsp3) is 0.469. The van der Waals surface area contributed by atoms with E-state index in [0.717, 1.165) is 56.6 Å². The number of aliphatic hydroxyl groups excluding tert-OH is 1. The first-order valence-electron chi connectivity index (χ1n) is 14.5. The van der Waals surface area contributed by atoms with Crippen LogP contribution in [0.3, 0.4) is 0 Å². The van der Waals surface area contributed by atoms with Crippen LogP contribution in [0, 0.1) is 0 Å². The zero-order valence-electron chi connectivity index (χ0n) is 23.8. The minimum absolute atomic E-state index is 0.00614. The standard InChI is InChI=1S/C32H42Cl2N4O2/c1-4-28(12-9-16-37(5-2)6-3)35-31(39)15-17-40-32-22-30(25-18-26(33)21-27(34)19-25)36-38(32)29-14-13-23-10-7-8-11-24(23)20-29/h7-8,10-11,13-14,18-19,21-22,28-29,31,35,39H,4-6,9,12,15-17,20H2,1-3H3. The van der Waals surface area contributed by atoms with E-state index in [9.17, 15) is 5.11 Å². The molecule has 0 radical (unpaired) electrons. The molecule has 1 heterocycles. The average molecular weight is 586 g/mol.